The van der Waals surface area contributed by atoms with Crippen molar-refractivity contribution in [2.24, 2.45) is 5.92 Å². The lowest BCUT2D eigenvalue weighted by Crippen LogP contribution is -2.25. The first-order valence-corrected chi connectivity index (χ1v) is 7.98. The molecule has 0 saturated carbocycles. The average molecular weight is 321 g/mol. The minimum atomic E-state index is 0.781. The zero-order valence-corrected chi connectivity index (χ0v) is 13.1. The number of nitrogens with zero attached hydrogens (tertiary/aromatic N) is 2. The Morgan fingerprint density at radius 3 is 2.95 bits per heavy atom. The van der Waals surface area contributed by atoms with Crippen LogP contribution in [0.2, 0.25) is 0 Å². The standard InChI is InChI=1S/C16H21BrN2/c1-2-4-13-5-3-9-19(10-8-13)16-7-6-15(17)11-14(16)12-18/h6-7,11,13H,2-5,8-10H2,1H3. The normalized spacial score (nSPS) is 19.8. The first-order valence-electron chi connectivity index (χ1n) is 7.19. The maximum atomic E-state index is 9.28. The second kappa shape index (κ2) is 6.96. The van der Waals surface area contributed by atoms with Gasteiger partial charge in [0.15, 0.2) is 0 Å². The molecular formula is C16H21BrN2. The molecule has 2 rings (SSSR count). The Labute approximate surface area is 124 Å². The third kappa shape index (κ3) is 3.73. The molecule has 0 bridgehead atoms. The topological polar surface area (TPSA) is 27.0 Å². The predicted octanol–water partition coefficient (Wildman–Crippen LogP) is 4.73. The van der Waals surface area contributed by atoms with Crippen LogP contribution < -0.4 is 4.90 Å². The van der Waals surface area contributed by atoms with Crippen molar-refractivity contribution < 1.29 is 0 Å². The Bertz CT molecular complexity index is 464. The van der Waals surface area contributed by atoms with E-state index in [2.05, 4.69) is 39.9 Å². The van der Waals surface area contributed by atoms with Gasteiger partial charge in [-0.3, -0.25) is 0 Å². The highest BCUT2D eigenvalue weighted by Gasteiger charge is 2.18. The van der Waals surface area contributed by atoms with Gasteiger partial charge in [-0.05, 0) is 43.4 Å². The summed E-state index contributed by atoms with van der Waals surface area (Å²) in [5.41, 5.74) is 1.88. The van der Waals surface area contributed by atoms with Gasteiger partial charge in [-0.2, -0.15) is 5.26 Å². The van der Waals surface area contributed by atoms with E-state index in [1.54, 1.807) is 0 Å². The second-order valence-electron chi connectivity index (χ2n) is 5.35. The Morgan fingerprint density at radius 2 is 2.21 bits per heavy atom. The minimum absolute atomic E-state index is 0.781. The lowest BCUT2D eigenvalue weighted by Gasteiger charge is -2.24. The molecule has 0 aliphatic carbocycles. The van der Waals surface area contributed by atoms with Gasteiger partial charge in [0.1, 0.15) is 6.07 Å². The molecule has 1 atom stereocenters. The van der Waals surface area contributed by atoms with Crippen LogP contribution in [-0.2, 0) is 0 Å². The average Bonchev–Trinajstić information content (AvgIpc) is 2.65. The molecule has 0 aromatic heterocycles. The van der Waals surface area contributed by atoms with Gasteiger partial charge in [-0.25, -0.2) is 0 Å². The molecule has 0 N–H and O–H groups in total. The molecule has 0 radical (unpaired) electrons. The van der Waals surface area contributed by atoms with Crippen molar-refractivity contribution in [3.05, 3.63) is 28.2 Å². The van der Waals surface area contributed by atoms with Crippen molar-refractivity contribution in [3.63, 3.8) is 0 Å². The Morgan fingerprint density at radius 1 is 1.37 bits per heavy atom. The van der Waals surface area contributed by atoms with E-state index in [1.165, 1.54) is 32.1 Å². The quantitative estimate of drug-likeness (QED) is 0.805. The Hall–Kier alpha value is -1.01. The molecule has 1 fully saturated rings. The molecule has 102 valence electrons. The third-order valence-corrected chi connectivity index (χ3v) is 4.46. The lowest BCUT2D eigenvalue weighted by atomic mass is 9.96. The number of hydrogen-bond acceptors (Lipinski definition) is 2. The second-order valence-corrected chi connectivity index (χ2v) is 6.26. The molecule has 19 heavy (non-hydrogen) atoms. The van der Waals surface area contributed by atoms with Crippen molar-refractivity contribution in [3.8, 4) is 6.07 Å². The van der Waals surface area contributed by atoms with Crippen molar-refractivity contribution in [2.45, 2.75) is 39.0 Å². The highest BCUT2D eigenvalue weighted by atomic mass is 79.9. The van der Waals surface area contributed by atoms with E-state index in [0.717, 1.165) is 34.7 Å². The van der Waals surface area contributed by atoms with Crippen LogP contribution in [0.5, 0.6) is 0 Å². The van der Waals surface area contributed by atoms with E-state index >= 15 is 0 Å². The summed E-state index contributed by atoms with van der Waals surface area (Å²) in [7, 11) is 0. The highest BCUT2D eigenvalue weighted by molar-refractivity contribution is 9.10. The van der Waals surface area contributed by atoms with Gasteiger partial charge in [0.2, 0.25) is 0 Å². The van der Waals surface area contributed by atoms with Crippen molar-refractivity contribution in [2.75, 3.05) is 18.0 Å². The monoisotopic (exact) mass is 320 g/mol. The molecule has 1 heterocycles. The molecule has 0 amide bonds. The first kappa shape index (κ1) is 14.4. The SMILES string of the molecule is CCCC1CCCN(c2ccc(Br)cc2C#N)CC1. The Kier molecular flexibility index (Phi) is 5.27. The fraction of sp³-hybridized carbons (Fsp3) is 0.562. The molecule has 2 nitrogen and oxygen atoms in total. The molecule has 1 aromatic rings. The molecule has 3 heteroatoms. The summed E-state index contributed by atoms with van der Waals surface area (Å²) in [5, 5.41) is 9.28. The van der Waals surface area contributed by atoms with E-state index < -0.39 is 0 Å². The molecule has 1 saturated heterocycles. The van der Waals surface area contributed by atoms with Crippen LogP contribution in [0.4, 0.5) is 5.69 Å². The van der Waals surface area contributed by atoms with E-state index in [1.807, 2.05) is 12.1 Å². The van der Waals surface area contributed by atoms with Crippen LogP contribution in [-0.4, -0.2) is 13.1 Å². The fourth-order valence-electron chi connectivity index (χ4n) is 2.98. The van der Waals surface area contributed by atoms with Gasteiger partial charge in [0, 0.05) is 17.6 Å². The van der Waals surface area contributed by atoms with E-state index in [9.17, 15) is 5.26 Å². The number of hydrogen-bond donors (Lipinski definition) is 0. The highest BCUT2D eigenvalue weighted by Crippen LogP contribution is 2.29. The van der Waals surface area contributed by atoms with E-state index in [-0.39, 0.29) is 0 Å². The van der Waals surface area contributed by atoms with Gasteiger partial charge in [-0.15, -0.1) is 0 Å². The molecule has 1 aliphatic rings. The summed E-state index contributed by atoms with van der Waals surface area (Å²) in [5.74, 6) is 0.871. The van der Waals surface area contributed by atoms with Crippen LogP contribution >= 0.6 is 15.9 Å². The lowest BCUT2D eigenvalue weighted by molar-refractivity contribution is 0.435. The maximum Gasteiger partial charge on any atom is 0.101 e. The summed E-state index contributed by atoms with van der Waals surface area (Å²) in [4.78, 5) is 2.39. The molecular weight excluding hydrogens is 300 g/mol. The summed E-state index contributed by atoms with van der Waals surface area (Å²) in [6.45, 7) is 4.43. The number of anilines is 1. The predicted molar refractivity (Wildman–Crippen MR) is 83.3 cm³/mol. The largest absolute Gasteiger partial charge is 0.370 e. The Balaban J connectivity index is 2.12. The zero-order valence-electron chi connectivity index (χ0n) is 11.5. The summed E-state index contributed by atoms with van der Waals surface area (Å²) >= 11 is 3.44. The van der Waals surface area contributed by atoms with Crippen LogP contribution in [0.15, 0.2) is 22.7 Å². The maximum absolute atomic E-state index is 9.28. The van der Waals surface area contributed by atoms with Gasteiger partial charge in [0.05, 0.1) is 11.3 Å². The van der Waals surface area contributed by atoms with Crippen molar-refractivity contribution in [1.29, 1.82) is 5.26 Å². The molecule has 0 spiro atoms. The van der Waals surface area contributed by atoms with Gasteiger partial charge in [0.25, 0.3) is 0 Å². The summed E-state index contributed by atoms with van der Waals surface area (Å²) in [6.07, 6.45) is 6.47. The first-order chi connectivity index (χ1) is 9.24. The molecule has 1 aromatic carbocycles. The number of rotatable bonds is 3. The minimum Gasteiger partial charge on any atom is -0.370 e. The van der Waals surface area contributed by atoms with E-state index in [0.29, 0.717) is 0 Å². The fourth-order valence-corrected chi connectivity index (χ4v) is 3.34. The van der Waals surface area contributed by atoms with Crippen LogP contribution in [0.3, 0.4) is 0 Å². The van der Waals surface area contributed by atoms with Gasteiger partial charge >= 0.3 is 0 Å². The molecule has 1 unspecified atom stereocenters. The molecule has 1 aliphatic heterocycles. The number of benzene rings is 1. The van der Waals surface area contributed by atoms with Crippen molar-refractivity contribution >= 4 is 21.6 Å². The number of nitriles is 1. The van der Waals surface area contributed by atoms with Crippen molar-refractivity contribution in [1.82, 2.24) is 0 Å². The summed E-state index contributed by atoms with van der Waals surface area (Å²) < 4.78 is 0.978. The van der Waals surface area contributed by atoms with Crippen LogP contribution in [0.1, 0.15) is 44.6 Å². The smallest absolute Gasteiger partial charge is 0.101 e. The zero-order chi connectivity index (χ0) is 13.7. The van der Waals surface area contributed by atoms with Crippen LogP contribution in [0, 0.1) is 17.2 Å². The third-order valence-electron chi connectivity index (χ3n) is 3.96. The summed E-state index contributed by atoms with van der Waals surface area (Å²) in [6, 6.07) is 8.34. The van der Waals surface area contributed by atoms with Gasteiger partial charge < -0.3 is 4.90 Å². The van der Waals surface area contributed by atoms with E-state index in [4.69, 9.17) is 0 Å². The van der Waals surface area contributed by atoms with Crippen LogP contribution in [0.25, 0.3) is 0 Å². The van der Waals surface area contributed by atoms with Gasteiger partial charge in [-0.1, -0.05) is 35.7 Å². The number of halogens is 1.